The molecule has 2 aliphatic heterocycles. The molecule has 0 saturated carbocycles. The molecule has 1 atom stereocenters. The lowest BCUT2D eigenvalue weighted by molar-refractivity contribution is 0.260. The minimum absolute atomic E-state index is 0.111. The fourth-order valence-corrected chi connectivity index (χ4v) is 3.88. The molecular weight excluding hydrogens is 316 g/mol. The molecule has 0 aliphatic carbocycles. The molecule has 3 rings (SSSR count). The standard InChI is InChI=1S/C15H21BrN4/c16-14-9-11(3-4-13(14)15(17)18)20-8-5-12(10-20)19-6-1-2-7-19/h3-4,9,12H,1-2,5-8,10H2,(H3,17,18). The molecule has 5 heteroatoms. The summed E-state index contributed by atoms with van der Waals surface area (Å²) in [7, 11) is 0. The summed E-state index contributed by atoms with van der Waals surface area (Å²) in [5, 5.41) is 7.53. The number of nitrogens with two attached hydrogens (primary N) is 1. The van der Waals surface area contributed by atoms with E-state index in [-0.39, 0.29) is 5.84 Å². The highest BCUT2D eigenvalue weighted by molar-refractivity contribution is 9.10. The Morgan fingerprint density at radius 2 is 2.00 bits per heavy atom. The first kappa shape index (κ1) is 13.9. The Morgan fingerprint density at radius 1 is 1.25 bits per heavy atom. The number of hydrogen-bond donors (Lipinski definition) is 2. The van der Waals surface area contributed by atoms with Gasteiger partial charge in [-0.25, -0.2) is 0 Å². The molecule has 0 radical (unpaired) electrons. The van der Waals surface area contributed by atoms with Gasteiger partial charge in [0.1, 0.15) is 5.84 Å². The number of hydrogen-bond acceptors (Lipinski definition) is 3. The highest BCUT2D eigenvalue weighted by Crippen LogP contribution is 2.28. The minimum atomic E-state index is 0.111. The Bertz CT molecular complexity index is 511. The average Bonchev–Trinajstić information content (AvgIpc) is 3.09. The van der Waals surface area contributed by atoms with Gasteiger partial charge in [0, 0.05) is 34.9 Å². The summed E-state index contributed by atoms with van der Waals surface area (Å²) in [6.07, 6.45) is 3.97. The zero-order valence-corrected chi connectivity index (χ0v) is 13.2. The van der Waals surface area contributed by atoms with Crippen molar-refractivity contribution < 1.29 is 0 Å². The number of nitrogens with one attached hydrogen (secondary N) is 1. The monoisotopic (exact) mass is 336 g/mol. The van der Waals surface area contributed by atoms with E-state index in [9.17, 15) is 0 Å². The molecule has 2 saturated heterocycles. The fraction of sp³-hybridized carbons (Fsp3) is 0.533. The number of anilines is 1. The predicted octanol–water partition coefficient (Wildman–Crippen LogP) is 2.41. The number of likely N-dealkylation sites (tertiary alicyclic amines) is 1. The van der Waals surface area contributed by atoms with Gasteiger partial charge >= 0.3 is 0 Å². The van der Waals surface area contributed by atoms with Crippen LogP contribution in [0.25, 0.3) is 0 Å². The van der Waals surface area contributed by atoms with Crippen molar-refractivity contribution in [3.63, 3.8) is 0 Å². The normalized spacial score (nSPS) is 23.4. The Labute approximate surface area is 128 Å². The van der Waals surface area contributed by atoms with Gasteiger partial charge in [0.25, 0.3) is 0 Å². The molecule has 1 unspecified atom stereocenters. The van der Waals surface area contributed by atoms with Crippen LogP contribution < -0.4 is 10.6 Å². The Kier molecular flexibility index (Phi) is 3.98. The maximum absolute atomic E-state index is 7.53. The van der Waals surface area contributed by atoms with Crippen LogP contribution in [0.2, 0.25) is 0 Å². The van der Waals surface area contributed by atoms with Crippen LogP contribution in [0, 0.1) is 5.41 Å². The molecular formula is C15H21BrN4. The number of nitrogen functional groups attached to an aromatic ring is 1. The zero-order valence-electron chi connectivity index (χ0n) is 11.6. The van der Waals surface area contributed by atoms with E-state index in [0.717, 1.165) is 23.1 Å². The van der Waals surface area contributed by atoms with Crippen LogP contribution in [-0.4, -0.2) is 43.0 Å². The number of rotatable bonds is 3. The highest BCUT2D eigenvalue weighted by atomic mass is 79.9. The van der Waals surface area contributed by atoms with Crippen LogP contribution in [0.5, 0.6) is 0 Å². The molecule has 2 heterocycles. The van der Waals surface area contributed by atoms with E-state index < -0.39 is 0 Å². The maximum atomic E-state index is 7.53. The fourth-order valence-electron chi connectivity index (χ4n) is 3.30. The first-order valence-corrected chi connectivity index (χ1v) is 8.07. The lowest BCUT2D eigenvalue weighted by Gasteiger charge is -2.24. The molecule has 0 aromatic heterocycles. The summed E-state index contributed by atoms with van der Waals surface area (Å²) < 4.78 is 0.909. The lowest BCUT2D eigenvalue weighted by atomic mass is 10.2. The van der Waals surface area contributed by atoms with Crippen molar-refractivity contribution in [3.05, 3.63) is 28.2 Å². The molecule has 2 fully saturated rings. The quantitative estimate of drug-likeness (QED) is 0.658. The van der Waals surface area contributed by atoms with E-state index in [1.807, 2.05) is 6.07 Å². The van der Waals surface area contributed by atoms with Crippen molar-refractivity contribution >= 4 is 27.5 Å². The van der Waals surface area contributed by atoms with Crippen LogP contribution in [0.4, 0.5) is 5.69 Å². The zero-order chi connectivity index (χ0) is 14.1. The van der Waals surface area contributed by atoms with Gasteiger partial charge in [-0.1, -0.05) is 0 Å². The second kappa shape index (κ2) is 5.74. The maximum Gasteiger partial charge on any atom is 0.123 e. The topological polar surface area (TPSA) is 56.4 Å². The number of benzene rings is 1. The van der Waals surface area contributed by atoms with E-state index in [1.165, 1.54) is 38.0 Å². The molecule has 3 N–H and O–H groups in total. The summed E-state index contributed by atoms with van der Waals surface area (Å²) in [5.74, 6) is 0.111. The van der Waals surface area contributed by atoms with Crippen molar-refractivity contribution in [1.29, 1.82) is 5.41 Å². The van der Waals surface area contributed by atoms with Crippen LogP contribution in [-0.2, 0) is 0 Å². The highest BCUT2D eigenvalue weighted by Gasteiger charge is 2.29. The number of halogens is 1. The van der Waals surface area contributed by atoms with Crippen molar-refractivity contribution in [3.8, 4) is 0 Å². The van der Waals surface area contributed by atoms with Crippen LogP contribution in [0.3, 0.4) is 0 Å². The summed E-state index contributed by atoms with van der Waals surface area (Å²) in [6.45, 7) is 4.77. The second-order valence-corrected chi connectivity index (χ2v) is 6.56. The van der Waals surface area contributed by atoms with Gasteiger partial charge in [-0.3, -0.25) is 10.3 Å². The summed E-state index contributed by atoms with van der Waals surface area (Å²) >= 11 is 3.52. The largest absolute Gasteiger partial charge is 0.384 e. The van der Waals surface area contributed by atoms with Crippen LogP contribution in [0.15, 0.2) is 22.7 Å². The third-order valence-corrected chi connectivity index (χ3v) is 5.08. The second-order valence-electron chi connectivity index (χ2n) is 5.71. The van der Waals surface area contributed by atoms with E-state index in [0.29, 0.717) is 6.04 Å². The van der Waals surface area contributed by atoms with Gasteiger partial charge in [0.05, 0.1) is 0 Å². The summed E-state index contributed by atoms with van der Waals surface area (Å²) in [5.41, 5.74) is 7.55. The Balaban J connectivity index is 1.71. The molecule has 108 valence electrons. The predicted molar refractivity (Wildman–Crippen MR) is 86.6 cm³/mol. The van der Waals surface area contributed by atoms with Gasteiger partial charge in [0.15, 0.2) is 0 Å². The molecule has 0 spiro atoms. The SMILES string of the molecule is N=C(N)c1ccc(N2CCC(N3CCCC3)C2)cc1Br. The number of amidine groups is 1. The first-order chi connectivity index (χ1) is 9.65. The molecule has 20 heavy (non-hydrogen) atoms. The van der Waals surface area contributed by atoms with Crippen LogP contribution in [0.1, 0.15) is 24.8 Å². The van der Waals surface area contributed by atoms with Gasteiger partial charge in [-0.15, -0.1) is 0 Å². The average molecular weight is 337 g/mol. The van der Waals surface area contributed by atoms with Gasteiger partial charge in [-0.2, -0.15) is 0 Å². The molecule has 0 amide bonds. The third-order valence-electron chi connectivity index (χ3n) is 4.43. The van der Waals surface area contributed by atoms with Gasteiger partial charge in [0.2, 0.25) is 0 Å². The van der Waals surface area contributed by atoms with Gasteiger partial charge < -0.3 is 10.6 Å². The molecule has 2 aliphatic rings. The van der Waals surface area contributed by atoms with Crippen molar-refractivity contribution in [2.24, 2.45) is 5.73 Å². The molecule has 1 aromatic rings. The lowest BCUT2D eigenvalue weighted by Crippen LogP contribution is -2.35. The van der Waals surface area contributed by atoms with Crippen molar-refractivity contribution in [2.75, 3.05) is 31.1 Å². The minimum Gasteiger partial charge on any atom is -0.384 e. The summed E-state index contributed by atoms with van der Waals surface area (Å²) in [6, 6.07) is 6.81. The van der Waals surface area contributed by atoms with E-state index in [1.54, 1.807) is 0 Å². The molecule has 4 nitrogen and oxygen atoms in total. The van der Waals surface area contributed by atoms with Crippen molar-refractivity contribution in [1.82, 2.24) is 4.90 Å². The summed E-state index contributed by atoms with van der Waals surface area (Å²) in [4.78, 5) is 5.08. The van der Waals surface area contributed by atoms with Crippen LogP contribution >= 0.6 is 15.9 Å². The van der Waals surface area contributed by atoms with E-state index in [4.69, 9.17) is 11.1 Å². The van der Waals surface area contributed by atoms with Crippen molar-refractivity contribution in [2.45, 2.75) is 25.3 Å². The third kappa shape index (κ3) is 2.69. The Hall–Kier alpha value is -1.07. The molecule has 0 bridgehead atoms. The van der Waals surface area contributed by atoms with E-state index in [2.05, 4.69) is 37.9 Å². The van der Waals surface area contributed by atoms with E-state index >= 15 is 0 Å². The van der Waals surface area contributed by atoms with Gasteiger partial charge in [-0.05, 0) is 66.5 Å². The molecule has 1 aromatic carbocycles. The first-order valence-electron chi connectivity index (χ1n) is 7.28. The Morgan fingerprint density at radius 3 is 2.65 bits per heavy atom. The smallest absolute Gasteiger partial charge is 0.123 e. The number of nitrogens with zero attached hydrogens (tertiary/aromatic N) is 2.